The molecule has 0 N–H and O–H groups in total. The molecule has 0 aliphatic carbocycles. The van der Waals surface area contributed by atoms with Crippen LogP contribution in [0.5, 0.6) is 0 Å². The zero-order valence-electron chi connectivity index (χ0n) is 10.4. The summed E-state index contributed by atoms with van der Waals surface area (Å²) in [5, 5.41) is 0. The molecule has 0 aromatic heterocycles. The molecule has 0 aliphatic rings. The molecule has 0 fully saturated rings. The van der Waals surface area contributed by atoms with Crippen molar-refractivity contribution in [1.29, 1.82) is 0 Å². The Labute approximate surface area is 115 Å². The van der Waals surface area contributed by atoms with Crippen LogP contribution >= 0.6 is 0 Å². The molecule has 14 heavy (non-hydrogen) atoms. The summed E-state index contributed by atoms with van der Waals surface area (Å²) in [5.74, 6) is 0. The molecule has 0 aliphatic heterocycles. The van der Waals surface area contributed by atoms with Crippen LogP contribution in [0.3, 0.4) is 0 Å². The van der Waals surface area contributed by atoms with Gasteiger partial charge in [0.2, 0.25) is 0 Å². The summed E-state index contributed by atoms with van der Waals surface area (Å²) >= 11 is 0. The first kappa shape index (κ1) is 24.4. The molecule has 0 unspecified atom stereocenters. The first-order valence-electron chi connectivity index (χ1n) is 5.41. The Balaban J connectivity index is -0.0000000625. The van der Waals surface area contributed by atoms with Gasteiger partial charge in [0, 0.05) is 18.9 Å². The van der Waals surface area contributed by atoms with Crippen LogP contribution in [0.2, 0.25) is 0 Å². The molecule has 0 nitrogen and oxygen atoms in total. The number of rotatable bonds is 6. The Kier molecular flexibility index (Phi) is 50.9. The molecule has 0 amide bonds. The summed E-state index contributed by atoms with van der Waals surface area (Å²) in [5.41, 5.74) is 0. The standard InChI is InChI=1S/2C6H13.Cu.Li/c2*1-3-5-6-4-2;;/h2*1,3-6H2,2H3;;/q2*-1;+2;. The Bertz CT molecular complexity index is 42.3. The predicted molar refractivity (Wildman–Crippen MR) is 64.8 cm³/mol. The topological polar surface area (TPSA) is 0 Å². The third-order valence-corrected chi connectivity index (χ3v) is 1.71. The molecule has 0 spiro atoms. The van der Waals surface area contributed by atoms with Crippen LogP contribution in [-0.2, 0) is 17.1 Å². The Morgan fingerprint density at radius 1 is 0.714 bits per heavy atom. The van der Waals surface area contributed by atoms with Gasteiger partial charge in [0.1, 0.15) is 0 Å². The molecular formula is C12H26CuLi. The molecule has 0 atom stereocenters. The molecule has 0 heterocycles. The van der Waals surface area contributed by atoms with Crippen LogP contribution in [0.25, 0.3) is 0 Å². The van der Waals surface area contributed by atoms with Crippen molar-refractivity contribution in [3.63, 3.8) is 0 Å². The second-order valence-corrected chi connectivity index (χ2v) is 3.12. The van der Waals surface area contributed by atoms with Gasteiger partial charge in [0.15, 0.2) is 0 Å². The van der Waals surface area contributed by atoms with E-state index >= 15 is 0 Å². The van der Waals surface area contributed by atoms with E-state index in [2.05, 4.69) is 27.7 Å². The van der Waals surface area contributed by atoms with E-state index in [0.717, 1.165) is 12.8 Å². The zero-order chi connectivity index (χ0) is 9.66. The molecule has 0 saturated carbocycles. The quantitative estimate of drug-likeness (QED) is 0.366. The summed E-state index contributed by atoms with van der Waals surface area (Å²) in [6, 6.07) is 0. The summed E-state index contributed by atoms with van der Waals surface area (Å²) in [6.45, 7) is 11.9. The van der Waals surface area contributed by atoms with Gasteiger partial charge in [0.25, 0.3) is 0 Å². The van der Waals surface area contributed by atoms with Gasteiger partial charge < -0.3 is 13.8 Å². The molecule has 2 radical (unpaired) electrons. The van der Waals surface area contributed by atoms with E-state index < -0.39 is 0 Å². The van der Waals surface area contributed by atoms with E-state index in [1.807, 2.05) is 0 Å². The number of hydrogen-bond acceptors (Lipinski definition) is 0. The van der Waals surface area contributed by atoms with Gasteiger partial charge in [-0.15, -0.1) is 0 Å². The van der Waals surface area contributed by atoms with Gasteiger partial charge in [-0.25, -0.2) is 0 Å². The Morgan fingerprint density at radius 3 is 1.07 bits per heavy atom. The maximum atomic E-state index is 3.72. The summed E-state index contributed by atoms with van der Waals surface area (Å²) in [6.07, 6.45) is 10.1. The Morgan fingerprint density at radius 2 is 1.00 bits per heavy atom. The minimum atomic E-state index is 0. The zero-order valence-corrected chi connectivity index (χ0v) is 11.3. The van der Waals surface area contributed by atoms with E-state index in [9.17, 15) is 0 Å². The molecule has 0 rings (SSSR count). The molecule has 0 bridgehead atoms. The van der Waals surface area contributed by atoms with Gasteiger partial charge in [-0.3, -0.25) is 0 Å². The maximum Gasteiger partial charge on any atom is 2.00 e. The monoisotopic (exact) mass is 240 g/mol. The first-order valence-corrected chi connectivity index (χ1v) is 5.41. The minimum absolute atomic E-state index is 0. The number of hydrogen-bond donors (Lipinski definition) is 0. The summed E-state index contributed by atoms with van der Waals surface area (Å²) in [4.78, 5) is 0. The summed E-state index contributed by atoms with van der Waals surface area (Å²) in [7, 11) is 0. The predicted octanol–water partition coefficient (Wildman–Crippen LogP) is 4.42. The van der Waals surface area contributed by atoms with Gasteiger partial charge in [-0.1, -0.05) is 52.4 Å². The van der Waals surface area contributed by atoms with Crippen molar-refractivity contribution in [2.24, 2.45) is 0 Å². The molecule has 0 aromatic rings. The first-order chi connectivity index (χ1) is 5.83. The van der Waals surface area contributed by atoms with Crippen LogP contribution in [-0.4, -0.2) is 18.9 Å². The molecule has 86 valence electrons. The second kappa shape index (κ2) is 29.2. The van der Waals surface area contributed by atoms with Crippen molar-refractivity contribution in [3.05, 3.63) is 13.8 Å². The Hall–Kier alpha value is 1.12. The van der Waals surface area contributed by atoms with E-state index in [0.29, 0.717) is 0 Å². The van der Waals surface area contributed by atoms with Crippen molar-refractivity contribution >= 4 is 18.9 Å². The molecular weight excluding hydrogens is 215 g/mol. The fraction of sp³-hybridized carbons (Fsp3) is 0.833. The maximum absolute atomic E-state index is 3.72. The van der Waals surface area contributed by atoms with Crippen molar-refractivity contribution in [3.8, 4) is 0 Å². The molecule has 0 saturated heterocycles. The second-order valence-electron chi connectivity index (χ2n) is 3.12. The van der Waals surface area contributed by atoms with E-state index in [1.165, 1.54) is 38.5 Å². The normalized spacial score (nSPS) is 7.71. The van der Waals surface area contributed by atoms with E-state index in [1.54, 1.807) is 0 Å². The SMILES string of the molecule is [CH2-]CCCCC.[CH2-]CCCCC.[Cu+2].[Li]. The fourth-order valence-corrected chi connectivity index (χ4v) is 0.854. The van der Waals surface area contributed by atoms with Crippen LogP contribution in [0, 0.1) is 13.8 Å². The van der Waals surface area contributed by atoms with Crippen molar-refractivity contribution < 1.29 is 17.1 Å². The van der Waals surface area contributed by atoms with Gasteiger partial charge in [-0.05, 0) is 0 Å². The average Bonchev–Trinajstić information content (AvgIpc) is 2.12. The third kappa shape index (κ3) is 38.0. The van der Waals surface area contributed by atoms with Crippen LogP contribution in [0.1, 0.15) is 65.2 Å². The fourth-order valence-electron chi connectivity index (χ4n) is 0.854. The van der Waals surface area contributed by atoms with Gasteiger partial charge in [-0.2, -0.15) is 12.8 Å². The van der Waals surface area contributed by atoms with Crippen LogP contribution in [0.4, 0.5) is 0 Å². The summed E-state index contributed by atoms with van der Waals surface area (Å²) < 4.78 is 0. The third-order valence-electron chi connectivity index (χ3n) is 1.71. The average molecular weight is 241 g/mol. The molecule has 0 aromatic carbocycles. The number of unbranched alkanes of at least 4 members (excludes halogenated alkanes) is 6. The van der Waals surface area contributed by atoms with Crippen molar-refractivity contribution in [2.75, 3.05) is 0 Å². The largest absolute Gasteiger partial charge is 2.00 e. The van der Waals surface area contributed by atoms with E-state index in [4.69, 9.17) is 0 Å². The van der Waals surface area contributed by atoms with Crippen LogP contribution < -0.4 is 0 Å². The van der Waals surface area contributed by atoms with Gasteiger partial charge >= 0.3 is 17.1 Å². The van der Waals surface area contributed by atoms with E-state index in [-0.39, 0.29) is 35.9 Å². The molecule has 2 heteroatoms. The minimum Gasteiger partial charge on any atom is -0.343 e. The smallest absolute Gasteiger partial charge is 0.343 e. The van der Waals surface area contributed by atoms with Crippen molar-refractivity contribution in [1.82, 2.24) is 0 Å². The van der Waals surface area contributed by atoms with Gasteiger partial charge in [0.05, 0.1) is 0 Å². The van der Waals surface area contributed by atoms with Crippen molar-refractivity contribution in [2.45, 2.75) is 65.2 Å². The van der Waals surface area contributed by atoms with Crippen LogP contribution in [0.15, 0.2) is 0 Å².